The Kier molecular flexibility index (Phi) is 2.27. The molecule has 90 valence electrons. The maximum absolute atomic E-state index is 11.1. The first-order valence-electron chi connectivity index (χ1n) is 5.05. The second-order valence-corrected chi connectivity index (χ2v) is 4.54. The van der Waals surface area contributed by atoms with Gasteiger partial charge in [-0.1, -0.05) is 6.07 Å². The van der Waals surface area contributed by atoms with Crippen LogP contribution in [0.1, 0.15) is 9.80 Å². The Morgan fingerprint density at radius 2 is 2.06 bits per heavy atom. The summed E-state index contributed by atoms with van der Waals surface area (Å²) in [7, 11) is 0. The van der Waals surface area contributed by atoms with E-state index in [-0.39, 0.29) is 10.7 Å². The van der Waals surface area contributed by atoms with Gasteiger partial charge < -0.3 is 15.1 Å². The molecule has 0 amide bonds. The smallest absolute Gasteiger partial charge is 0.365 e. The molecule has 0 aliphatic carbocycles. The maximum Gasteiger partial charge on any atom is 0.365 e. The van der Waals surface area contributed by atoms with Crippen molar-refractivity contribution < 1.29 is 9.90 Å². The van der Waals surface area contributed by atoms with E-state index in [1.807, 2.05) is 0 Å². The lowest BCUT2D eigenvalue weighted by atomic mass is 10.1. The molecule has 7 heteroatoms. The minimum Gasteiger partial charge on any atom is -0.476 e. The van der Waals surface area contributed by atoms with Crippen molar-refractivity contribution >= 4 is 28.3 Å². The number of carboxylic acid groups (broad SMARTS) is 1. The van der Waals surface area contributed by atoms with Crippen LogP contribution in [0.5, 0.6) is 0 Å². The summed E-state index contributed by atoms with van der Waals surface area (Å²) in [6.07, 6.45) is 0. The van der Waals surface area contributed by atoms with E-state index in [0.29, 0.717) is 16.7 Å². The second kappa shape index (κ2) is 3.81. The zero-order valence-corrected chi connectivity index (χ0v) is 9.75. The third kappa shape index (κ3) is 1.70. The SMILES string of the molecule is O=C(O)c1nc(-c2ccc3[nH]c(=O)[nH]c3c2)cs1. The minimum absolute atomic E-state index is 0.0488. The van der Waals surface area contributed by atoms with Gasteiger partial charge in [-0.2, -0.15) is 0 Å². The van der Waals surface area contributed by atoms with Gasteiger partial charge in [0.05, 0.1) is 16.7 Å². The number of rotatable bonds is 2. The van der Waals surface area contributed by atoms with Crippen molar-refractivity contribution in [3.05, 3.63) is 39.1 Å². The van der Waals surface area contributed by atoms with Gasteiger partial charge in [0.15, 0.2) is 0 Å². The first kappa shape index (κ1) is 10.7. The molecule has 3 aromatic rings. The number of carboxylic acids is 1. The van der Waals surface area contributed by atoms with Gasteiger partial charge in [0.1, 0.15) is 0 Å². The van der Waals surface area contributed by atoms with Crippen LogP contribution in [-0.2, 0) is 0 Å². The van der Waals surface area contributed by atoms with Crippen LogP contribution in [0, 0.1) is 0 Å². The summed E-state index contributed by atoms with van der Waals surface area (Å²) in [5.41, 5.74) is 2.45. The molecule has 0 spiro atoms. The van der Waals surface area contributed by atoms with E-state index in [1.54, 1.807) is 23.6 Å². The highest BCUT2D eigenvalue weighted by Gasteiger charge is 2.10. The number of thiazole rings is 1. The lowest BCUT2D eigenvalue weighted by molar-refractivity contribution is 0.0696. The first-order chi connectivity index (χ1) is 8.63. The molecule has 3 N–H and O–H groups in total. The number of benzene rings is 1. The third-order valence-electron chi connectivity index (χ3n) is 2.50. The highest BCUT2D eigenvalue weighted by Crippen LogP contribution is 2.24. The summed E-state index contributed by atoms with van der Waals surface area (Å²) < 4.78 is 0. The Balaban J connectivity index is 2.12. The summed E-state index contributed by atoms with van der Waals surface area (Å²) in [4.78, 5) is 31.2. The van der Waals surface area contributed by atoms with Crippen LogP contribution in [0.25, 0.3) is 22.3 Å². The fourth-order valence-corrected chi connectivity index (χ4v) is 2.36. The van der Waals surface area contributed by atoms with E-state index in [0.717, 1.165) is 16.9 Å². The Labute approximate surface area is 104 Å². The average Bonchev–Trinajstić information content (AvgIpc) is 2.91. The van der Waals surface area contributed by atoms with E-state index in [1.165, 1.54) is 0 Å². The predicted octanol–water partition coefficient (Wildman–Crippen LogP) is 1.68. The highest BCUT2D eigenvalue weighted by molar-refractivity contribution is 7.11. The molecule has 2 heterocycles. The zero-order chi connectivity index (χ0) is 12.7. The fourth-order valence-electron chi connectivity index (χ4n) is 1.70. The van der Waals surface area contributed by atoms with Crippen molar-refractivity contribution in [1.82, 2.24) is 15.0 Å². The van der Waals surface area contributed by atoms with Crippen molar-refractivity contribution in [3.8, 4) is 11.3 Å². The molecule has 0 atom stereocenters. The normalized spacial score (nSPS) is 10.9. The lowest BCUT2D eigenvalue weighted by Crippen LogP contribution is -1.99. The average molecular weight is 261 g/mol. The van der Waals surface area contributed by atoms with Crippen LogP contribution in [0.3, 0.4) is 0 Å². The van der Waals surface area contributed by atoms with Crippen molar-refractivity contribution in [2.75, 3.05) is 0 Å². The number of nitrogens with one attached hydrogen (secondary N) is 2. The van der Waals surface area contributed by atoms with Crippen LogP contribution in [0.4, 0.5) is 0 Å². The zero-order valence-electron chi connectivity index (χ0n) is 8.93. The van der Waals surface area contributed by atoms with Crippen molar-refractivity contribution in [1.29, 1.82) is 0 Å². The standard InChI is InChI=1S/C11H7N3O3S/c15-10(16)9-12-8(4-18-9)5-1-2-6-7(3-5)14-11(17)13-6/h1-4H,(H,15,16)(H2,13,14,17). The number of aromatic carboxylic acids is 1. The summed E-state index contributed by atoms with van der Waals surface area (Å²) in [5.74, 6) is -1.04. The van der Waals surface area contributed by atoms with Crippen LogP contribution in [0.15, 0.2) is 28.4 Å². The Morgan fingerprint density at radius 3 is 2.78 bits per heavy atom. The number of carbonyl (C=O) groups is 1. The number of H-pyrrole nitrogens is 2. The molecule has 1 aromatic carbocycles. The molecule has 0 aliphatic heterocycles. The number of aromatic nitrogens is 3. The Hall–Kier alpha value is -2.41. The first-order valence-corrected chi connectivity index (χ1v) is 5.93. The van der Waals surface area contributed by atoms with Crippen molar-refractivity contribution in [2.45, 2.75) is 0 Å². The van der Waals surface area contributed by atoms with E-state index in [9.17, 15) is 9.59 Å². The van der Waals surface area contributed by atoms with Gasteiger partial charge >= 0.3 is 11.7 Å². The summed E-state index contributed by atoms with van der Waals surface area (Å²) in [6, 6.07) is 5.29. The lowest BCUT2D eigenvalue weighted by Gasteiger charge is -1.96. The summed E-state index contributed by atoms with van der Waals surface area (Å²) >= 11 is 1.07. The molecule has 0 saturated heterocycles. The maximum atomic E-state index is 11.1. The minimum atomic E-state index is -1.04. The highest BCUT2D eigenvalue weighted by atomic mass is 32.1. The molecule has 0 saturated carbocycles. The Morgan fingerprint density at radius 1 is 1.28 bits per heavy atom. The van der Waals surface area contributed by atoms with Gasteiger partial charge in [-0.3, -0.25) is 0 Å². The van der Waals surface area contributed by atoms with E-state index in [4.69, 9.17) is 5.11 Å². The second-order valence-electron chi connectivity index (χ2n) is 3.68. The number of hydrogen-bond acceptors (Lipinski definition) is 4. The van der Waals surface area contributed by atoms with Crippen LogP contribution >= 0.6 is 11.3 Å². The monoisotopic (exact) mass is 261 g/mol. The third-order valence-corrected chi connectivity index (χ3v) is 3.33. The number of hydrogen-bond donors (Lipinski definition) is 3. The molecular weight excluding hydrogens is 254 g/mol. The van der Waals surface area contributed by atoms with Crippen molar-refractivity contribution in [2.24, 2.45) is 0 Å². The fraction of sp³-hybridized carbons (Fsp3) is 0. The molecule has 0 radical (unpaired) electrons. The van der Waals surface area contributed by atoms with Gasteiger partial charge in [0, 0.05) is 10.9 Å². The molecule has 6 nitrogen and oxygen atoms in total. The number of aromatic amines is 2. The van der Waals surface area contributed by atoms with Gasteiger partial charge in [0.25, 0.3) is 0 Å². The molecule has 0 fully saturated rings. The molecule has 2 aromatic heterocycles. The predicted molar refractivity (Wildman–Crippen MR) is 67.0 cm³/mol. The topological polar surface area (TPSA) is 98.8 Å². The van der Waals surface area contributed by atoms with E-state index in [2.05, 4.69) is 15.0 Å². The number of nitrogens with zero attached hydrogens (tertiary/aromatic N) is 1. The molecular formula is C11H7N3O3S. The van der Waals surface area contributed by atoms with Crippen LogP contribution in [0.2, 0.25) is 0 Å². The Bertz CT molecular complexity index is 799. The van der Waals surface area contributed by atoms with Crippen molar-refractivity contribution in [3.63, 3.8) is 0 Å². The van der Waals surface area contributed by atoms with Gasteiger partial charge in [-0.05, 0) is 12.1 Å². The molecule has 0 aliphatic rings. The molecule has 3 rings (SSSR count). The molecule has 0 bridgehead atoms. The number of fused-ring (bicyclic) bond motifs is 1. The van der Waals surface area contributed by atoms with E-state index < -0.39 is 5.97 Å². The largest absolute Gasteiger partial charge is 0.476 e. The molecule has 0 unspecified atom stereocenters. The van der Waals surface area contributed by atoms with Gasteiger partial charge in [0.2, 0.25) is 5.01 Å². The van der Waals surface area contributed by atoms with Crippen LogP contribution in [-0.4, -0.2) is 26.0 Å². The quantitative estimate of drug-likeness (QED) is 0.653. The summed E-state index contributed by atoms with van der Waals surface area (Å²) in [6.45, 7) is 0. The van der Waals surface area contributed by atoms with Gasteiger partial charge in [-0.15, -0.1) is 11.3 Å². The number of imidazole rings is 1. The van der Waals surface area contributed by atoms with Gasteiger partial charge in [-0.25, -0.2) is 14.6 Å². The summed E-state index contributed by atoms with van der Waals surface area (Å²) in [5, 5.41) is 10.5. The molecule has 18 heavy (non-hydrogen) atoms. The van der Waals surface area contributed by atoms with Crippen LogP contribution < -0.4 is 5.69 Å². The van der Waals surface area contributed by atoms with E-state index >= 15 is 0 Å².